The molecule has 0 aliphatic heterocycles. The van der Waals surface area contributed by atoms with E-state index in [2.05, 4.69) is 10.6 Å². The Morgan fingerprint density at radius 1 is 1.61 bits per heavy atom. The first kappa shape index (κ1) is 8.09. The summed E-state index contributed by atoms with van der Waals surface area (Å²) in [5, 5.41) is 14.0. The molecule has 1 fully saturated rings. The maximum atomic E-state index is 13.9. The molecule has 0 heterocycles. The molecule has 1 amide bonds. The van der Waals surface area contributed by atoms with E-state index in [0.29, 0.717) is 0 Å². The van der Waals surface area contributed by atoms with Crippen LogP contribution in [0.1, 0.15) is 35.0 Å². The summed E-state index contributed by atoms with van der Waals surface area (Å²) in [5.41, 5.74) is -2.28. The summed E-state index contributed by atoms with van der Waals surface area (Å²) in [5.74, 6) is -1.47. The molecule has 0 saturated heterocycles. The maximum Gasteiger partial charge on any atom is 0.253 e. The highest BCUT2D eigenvalue weighted by atomic mass is 19.1. The first-order valence-corrected chi connectivity index (χ1v) is 5.31. The van der Waals surface area contributed by atoms with E-state index in [1.807, 2.05) is 0 Å². The lowest BCUT2D eigenvalue weighted by Gasteiger charge is -2.36. The molecule has 0 bridgehead atoms. The van der Waals surface area contributed by atoms with Gasteiger partial charge in [-0.25, -0.2) is 4.39 Å². The maximum absolute atomic E-state index is 13.9. The predicted molar refractivity (Wildman–Crippen MR) is 65.6 cm³/mol. The lowest BCUT2D eigenvalue weighted by molar-refractivity contribution is 0.0959. The summed E-state index contributed by atoms with van der Waals surface area (Å²) >= 11 is 0. The van der Waals surface area contributed by atoms with Crippen molar-refractivity contribution in [3.8, 4) is 6.07 Å². The Morgan fingerprint density at radius 3 is 2.83 bits per heavy atom. The normalized spacial score (nSPS) is 25.2. The molecule has 0 spiro atoms. The monoisotopic (exact) mass is 251 g/mol. The first-order valence-electron chi connectivity index (χ1n) is 7.31. The van der Waals surface area contributed by atoms with Crippen molar-refractivity contribution in [1.29, 1.82) is 5.26 Å². The van der Waals surface area contributed by atoms with Gasteiger partial charge in [-0.1, -0.05) is 0 Å². The van der Waals surface area contributed by atoms with Crippen LogP contribution in [0.25, 0.3) is 0 Å². The standard InChI is InChI=1S/C13H14FN3O/c1-16-12(18)10-4-3-9(7-11(10)14)17-13(8-15)5-2-6-13/h3-4,7,17H,2,5-6H2,1H3,(H,16,18)/i5D2,6D2. The third-order valence-corrected chi connectivity index (χ3v) is 2.65. The van der Waals surface area contributed by atoms with Crippen LogP contribution in [0.5, 0.6) is 0 Å². The summed E-state index contributed by atoms with van der Waals surface area (Å²) in [6.45, 7) is 0. The second-order valence-corrected chi connectivity index (χ2v) is 3.79. The number of hydrogen-bond acceptors (Lipinski definition) is 3. The summed E-state index contributed by atoms with van der Waals surface area (Å²) in [6.07, 6.45) is -4.62. The molecule has 0 atom stereocenters. The quantitative estimate of drug-likeness (QED) is 0.864. The molecular formula is C13H14FN3O. The minimum absolute atomic E-state index is 0.0270. The second-order valence-electron chi connectivity index (χ2n) is 3.79. The average Bonchev–Trinajstić information content (AvgIpc) is 2.42. The number of nitrogens with zero attached hydrogens (tertiary/aromatic N) is 1. The van der Waals surface area contributed by atoms with Gasteiger partial charge in [0.15, 0.2) is 0 Å². The second kappa shape index (κ2) is 4.65. The largest absolute Gasteiger partial charge is 0.367 e. The number of rotatable bonds is 3. The molecule has 1 aromatic rings. The van der Waals surface area contributed by atoms with E-state index in [9.17, 15) is 14.4 Å². The fraction of sp³-hybridized carbons (Fsp3) is 0.385. The minimum Gasteiger partial charge on any atom is -0.367 e. The Morgan fingerprint density at radius 2 is 2.33 bits per heavy atom. The molecule has 0 aromatic heterocycles. The number of halogens is 1. The van der Waals surface area contributed by atoms with Crippen molar-refractivity contribution >= 4 is 11.6 Å². The summed E-state index contributed by atoms with van der Waals surface area (Å²) in [4.78, 5) is 11.4. The van der Waals surface area contributed by atoms with Crippen LogP contribution < -0.4 is 10.6 Å². The van der Waals surface area contributed by atoms with Crippen molar-refractivity contribution in [2.24, 2.45) is 0 Å². The van der Waals surface area contributed by atoms with Gasteiger partial charge in [-0.3, -0.25) is 4.79 Å². The van der Waals surface area contributed by atoms with Crippen LogP contribution in [0.4, 0.5) is 10.1 Å². The van der Waals surface area contributed by atoms with Gasteiger partial charge < -0.3 is 10.6 Å². The van der Waals surface area contributed by atoms with Gasteiger partial charge >= 0.3 is 0 Å². The average molecular weight is 251 g/mol. The van der Waals surface area contributed by atoms with Crippen molar-refractivity contribution in [2.75, 3.05) is 12.4 Å². The number of carbonyl (C=O) groups excluding carboxylic acids is 1. The van der Waals surface area contributed by atoms with Crippen molar-refractivity contribution in [3.05, 3.63) is 29.6 Å². The molecule has 4 nitrogen and oxygen atoms in total. The topological polar surface area (TPSA) is 64.9 Å². The van der Waals surface area contributed by atoms with Crippen molar-refractivity contribution in [1.82, 2.24) is 5.32 Å². The fourth-order valence-electron chi connectivity index (χ4n) is 1.59. The highest BCUT2D eigenvalue weighted by Gasteiger charge is 2.37. The minimum atomic E-state index is -2.11. The number of anilines is 1. The number of carbonyl (C=O) groups is 1. The van der Waals surface area contributed by atoms with Crippen molar-refractivity contribution < 1.29 is 14.7 Å². The van der Waals surface area contributed by atoms with Crippen LogP contribution in [0.2, 0.25) is 0 Å². The van der Waals surface area contributed by atoms with Gasteiger partial charge in [-0.05, 0) is 37.4 Å². The van der Waals surface area contributed by atoms with Crippen LogP contribution in [0.15, 0.2) is 18.2 Å². The lowest BCUT2D eigenvalue weighted by Crippen LogP contribution is -2.43. The smallest absolute Gasteiger partial charge is 0.253 e. The van der Waals surface area contributed by atoms with Gasteiger partial charge in [0.25, 0.3) is 5.91 Å². The van der Waals surface area contributed by atoms with Gasteiger partial charge in [0.05, 0.1) is 11.6 Å². The van der Waals surface area contributed by atoms with Crippen molar-refractivity contribution in [3.63, 3.8) is 0 Å². The molecule has 2 rings (SSSR count). The SMILES string of the molecule is [2H]C1([2H])CC([2H])([2H])C1(C#N)Nc1ccc(C(=O)NC)c(F)c1. The number of amides is 1. The molecule has 1 saturated carbocycles. The Balaban J connectivity index is 2.37. The van der Waals surface area contributed by atoms with E-state index in [1.54, 1.807) is 6.07 Å². The van der Waals surface area contributed by atoms with Crippen LogP contribution >= 0.6 is 0 Å². The van der Waals surface area contributed by atoms with E-state index >= 15 is 0 Å². The van der Waals surface area contributed by atoms with Crippen molar-refractivity contribution in [2.45, 2.75) is 24.7 Å². The van der Waals surface area contributed by atoms with Gasteiger partial charge in [0.2, 0.25) is 0 Å². The lowest BCUT2D eigenvalue weighted by atomic mass is 9.78. The molecule has 0 radical (unpaired) electrons. The number of nitriles is 1. The molecule has 1 aromatic carbocycles. The number of benzene rings is 1. The number of hydrogen-bond donors (Lipinski definition) is 2. The molecule has 1 aliphatic rings. The van der Waals surface area contributed by atoms with Crippen LogP contribution in [0.3, 0.4) is 0 Å². The van der Waals surface area contributed by atoms with Gasteiger partial charge in [-0.15, -0.1) is 0 Å². The highest BCUT2D eigenvalue weighted by Crippen LogP contribution is 2.34. The molecule has 0 unspecified atom stereocenters. The number of nitrogens with one attached hydrogen (secondary N) is 2. The summed E-state index contributed by atoms with van der Waals surface area (Å²) < 4.78 is 44.9. The van der Waals surface area contributed by atoms with E-state index in [1.165, 1.54) is 19.2 Å². The Labute approximate surface area is 110 Å². The van der Waals surface area contributed by atoms with E-state index in [0.717, 1.165) is 6.07 Å². The molecular weight excluding hydrogens is 233 g/mol. The Kier molecular flexibility index (Phi) is 2.09. The van der Waals surface area contributed by atoms with Crippen LogP contribution in [-0.4, -0.2) is 18.5 Å². The first-order chi connectivity index (χ1) is 10.1. The zero-order chi connectivity index (χ0) is 16.8. The molecule has 94 valence electrons. The van der Waals surface area contributed by atoms with Gasteiger partial charge in [0.1, 0.15) is 11.4 Å². The third kappa shape index (κ3) is 2.14. The summed E-state index contributed by atoms with van der Waals surface area (Å²) in [7, 11) is 1.36. The fourth-order valence-corrected chi connectivity index (χ4v) is 1.59. The molecule has 5 heteroatoms. The molecule has 2 N–H and O–H groups in total. The third-order valence-electron chi connectivity index (χ3n) is 2.65. The highest BCUT2D eigenvalue weighted by molar-refractivity contribution is 5.94. The van der Waals surface area contributed by atoms with Gasteiger partial charge in [0, 0.05) is 18.2 Å². The molecule has 1 aliphatic carbocycles. The Bertz CT molecular complexity index is 658. The Hall–Kier alpha value is -2.09. The van der Waals surface area contributed by atoms with E-state index < -0.39 is 36.4 Å². The zero-order valence-corrected chi connectivity index (χ0v) is 9.67. The van der Waals surface area contributed by atoms with E-state index in [-0.39, 0.29) is 11.3 Å². The van der Waals surface area contributed by atoms with Crippen LogP contribution in [0, 0.1) is 17.1 Å². The van der Waals surface area contributed by atoms with E-state index in [4.69, 9.17) is 5.48 Å². The zero-order valence-electron chi connectivity index (χ0n) is 13.7. The molecule has 18 heavy (non-hydrogen) atoms. The van der Waals surface area contributed by atoms with Gasteiger partial charge in [-0.2, -0.15) is 5.26 Å². The van der Waals surface area contributed by atoms with Crippen LogP contribution in [-0.2, 0) is 0 Å². The predicted octanol–water partition coefficient (Wildman–Crippen LogP) is 2.04. The summed E-state index contributed by atoms with van der Waals surface area (Å²) in [6, 6.07) is 5.08.